The zero-order chi connectivity index (χ0) is 23.0. The summed E-state index contributed by atoms with van der Waals surface area (Å²) in [5.41, 5.74) is 3.95. The lowest BCUT2D eigenvalue weighted by Crippen LogP contribution is -2.32. The first-order valence-corrected chi connectivity index (χ1v) is 13.2. The molecule has 1 N–H and O–H groups in total. The second-order valence-corrected chi connectivity index (χ2v) is 10.7. The van der Waals surface area contributed by atoms with Crippen molar-refractivity contribution < 1.29 is 13.9 Å². The Hall–Kier alpha value is -2.45. The summed E-state index contributed by atoms with van der Waals surface area (Å²) >= 11 is 3.98. The average Bonchev–Trinajstić information content (AvgIpc) is 3.32. The van der Waals surface area contributed by atoms with Gasteiger partial charge in [0.1, 0.15) is 11.6 Å². The summed E-state index contributed by atoms with van der Waals surface area (Å²) in [6.45, 7) is 0.656. The van der Waals surface area contributed by atoms with Crippen LogP contribution in [0.15, 0.2) is 54.6 Å². The van der Waals surface area contributed by atoms with Gasteiger partial charge in [0, 0.05) is 24.8 Å². The van der Waals surface area contributed by atoms with Crippen molar-refractivity contribution in [3.8, 4) is 17.0 Å². The molecular weight excluding hydrogens is 457 g/mol. The van der Waals surface area contributed by atoms with Gasteiger partial charge in [-0.25, -0.2) is 4.39 Å². The highest BCUT2D eigenvalue weighted by Gasteiger charge is 2.16. The molecule has 4 rings (SSSR count). The van der Waals surface area contributed by atoms with Crippen LogP contribution in [0.3, 0.4) is 0 Å². The fourth-order valence-corrected chi connectivity index (χ4v) is 6.44. The maximum Gasteiger partial charge on any atom is 0.260 e. The molecule has 0 saturated carbocycles. The number of aromatic amines is 1. The molecule has 0 spiro atoms. The Balaban J connectivity index is 1.18. The third-order valence-corrected chi connectivity index (χ3v) is 8.49. The molecule has 8 heteroatoms. The molecule has 0 radical (unpaired) electrons. The zero-order valence-electron chi connectivity index (χ0n) is 18.6. The minimum absolute atomic E-state index is 0.0293. The number of carbonyl (C=O) groups excluding carboxylic acids is 1. The van der Waals surface area contributed by atoms with Gasteiger partial charge in [-0.2, -0.15) is 5.10 Å². The molecule has 1 amide bonds. The van der Waals surface area contributed by atoms with Crippen LogP contribution >= 0.6 is 23.5 Å². The smallest absolute Gasteiger partial charge is 0.260 e. The number of carbonyl (C=O) groups is 1. The van der Waals surface area contributed by atoms with Crippen molar-refractivity contribution in [1.82, 2.24) is 15.1 Å². The van der Waals surface area contributed by atoms with Gasteiger partial charge in [0.25, 0.3) is 5.91 Å². The molecule has 3 aromatic rings. The van der Waals surface area contributed by atoms with Gasteiger partial charge in [0.05, 0.1) is 10.3 Å². The monoisotopic (exact) mass is 485 g/mol. The van der Waals surface area contributed by atoms with E-state index in [0.29, 0.717) is 11.1 Å². The van der Waals surface area contributed by atoms with Crippen LogP contribution in [0.25, 0.3) is 11.3 Å². The number of hydrogen-bond acceptors (Lipinski definition) is 5. The molecule has 0 unspecified atom stereocenters. The van der Waals surface area contributed by atoms with Crippen molar-refractivity contribution in [2.45, 2.75) is 23.8 Å². The number of rotatable bonds is 9. The highest BCUT2D eigenvalue weighted by Crippen LogP contribution is 2.43. The van der Waals surface area contributed by atoms with Crippen molar-refractivity contribution in [3.05, 3.63) is 71.7 Å². The van der Waals surface area contributed by atoms with Crippen LogP contribution in [0.5, 0.6) is 5.75 Å². The quantitative estimate of drug-likeness (QED) is 0.430. The number of hydrogen-bond donors (Lipinski definition) is 1. The summed E-state index contributed by atoms with van der Waals surface area (Å²) < 4.78 is 19.3. The number of likely N-dealkylation sites (N-methyl/N-ethyl adjacent to an activating group) is 1. The van der Waals surface area contributed by atoms with E-state index in [0.717, 1.165) is 35.5 Å². The molecule has 33 heavy (non-hydrogen) atoms. The van der Waals surface area contributed by atoms with Gasteiger partial charge in [-0.1, -0.05) is 12.1 Å². The van der Waals surface area contributed by atoms with Crippen molar-refractivity contribution in [2.75, 3.05) is 31.7 Å². The van der Waals surface area contributed by atoms with E-state index >= 15 is 0 Å². The number of ether oxygens (including phenoxy) is 1. The standard InChI is InChI=1S/C25H28FN3O2S2/c1-29(13-2-4-21-16-23(28-27-21)18-5-9-20(26)10-6-18)24(30)17-31-22-11-7-19(8-12-22)25-32-14-3-15-33-25/h5-12,16,25H,2-4,13-15,17H2,1H3,(H,27,28). The Morgan fingerprint density at radius 3 is 2.61 bits per heavy atom. The number of nitrogens with one attached hydrogen (secondary N) is 1. The third kappa shape index (κ3) is 6.77. The number of aryl methyl sites for hydroxylation is 1. The second-order valence-electron chi connectivity index (χ2n) is 7.99. The number of H-pyrrole nitrogens is 1. The fourth-order valence-electron chi connectivity index (χ4n) is 3.55. The minimum atomic E-state index is -0.263. The van der Waals surface area contributed by atoms with E-state index in [4.69, 9.17) is 4.74 Å². The Labute approximate surface area is 202 Å². The maximum absolute atomic E-state index is 13.1. The summed E-state index contributed by atoms with van der Waals surface area (Å²) in [7, 11) is 1.79. The molecule has 1 fully saturated rings. The molecule has 0 atom stereocenters. The van der Waals surface area contributed by atoms with Crippen LogP contribution in [0.1, 0.15) is 28.7 Å². The van der Waals surface area contributed by atoms with E-state index in [1.807, 2.05) is 41.7 Å². The van der Waals surface area contributed by atoms with Crippen LogP contribution in [0.4, 0.5) is 4.39 Å². The molecule has 0 aliphatic carbocycles. The SMILES string of the molecule is CN(CCCc1cc(-c2ccc(F)cc2)n[nH]1)C(=O)COc1ccc(C2SCCCS2)cc1. The van der Waals surface area contributed by atoms with Crippen LogP contribution < -0.4 is 4.74 Å². The molecule has 1 aliphatic rings. The molecule has 2 heterocycles. The topological polar surface area (TPSA) is 58.2 Å². The van der Waals surface area contributed by atoms with E-state index in [9.17, 15) is 9.18 Å². The summed E-state index contributed by atoms with van der Waals surface area (Å²) in [5, 5.41) is 7.32. The Morgan fingerprint density at radius 2 is 1.88 bits per heavy atom. The first-order valence-electron chi connectivity index (χ1n) is 11.1. The van der Waals surface area contributed by atoms with Gasteiger partial charge < -0.3 is 9.64 Å². The average molecular weight is 486 g/mol. The summed E-state index contributed by atoms with van der Waals surface area (Å²) in [5.74, 6) is 2.84. The predicted molar refractivity (Wildman–Crippen MR) is 134 cm³/mol. The Morgan fingerprint density at radius 1 is 1.15 bits per heavy atom. The number of aromatic nitrogens is 2. The zero-order valence-corrected chi connectivity index (χ0v) is 20.3. The molecule has 2 aromatic carbocycles. The number of amides is 1. The number of halogens is 1. The highest BCUT2D eigenvalue weighted by molar-refractivity contribution is 8.16. The van der Waals surface area contributed by atoms with Gasteiger partial charge >= 0.3 is 0 Å². The van der Waals surface area contributed by atoms with E-state index in [1.54, 1.807) is 24.1 Å². The predicted octanol–water partition coefficient (Wildman–Crippen LogP) is 5.55. The van der Waals surface area contributed by atoms with Crippen molar-refractivity contribution >= 4 is 29.4 Å². The lowest BCUT2D eigenvalue weighted by Gasteiger charge is -2.21. The fraction of sp³-hybridized carbons (Fsp3) is 0.360. The van der Waals surface area contributed by atoms with Crippen LogP contribution in [-0.4, -0.2) is 52.7 Å². The molecule has 1 aromatic heterocycles. The molecule has 1 saturated heterocycles. The number of thioether (sulfide) groups is 2. The van der Waals surface area contributed by atoms with E-state index in [2.05, 4.69) is 22.3 Å². The van der Waals surface area contributed by atoms with Crippen molar-refractivity contribution in [3.63, 3.8) is 0 Å². The van der Waals surface area contributed by atoms with E-state index < -0.39 is 0 Å². The summed E-state index contributed by atoms with van der Waals surface area (Å²) in [6, 6.07) is 16.3. The van der Waals surface area contributed by atoms with Gasteiger partial charge in [-0.3, -0.25) is 9.89 Å². The number of benzene rings is 2. The van der Waals surface area contributed by atoms with E-state index in [-0.39, 0.29) is 18.3 Å². The van der Waals surface area contributed by atoms with Gasteiger partial charge in [-0.05, 0) is 78.8 Å². The molecule has 5 nitrogen and oxygen atoms in total. The Kier molecular flexibility index (Phi) is 8.34. The van der Waals surface area contributed by atoms with Gasteiger partial charge in [-0.15, -0.1) is 23.5 Å². The van der Waals surface area contributed by atoms with Gasteiger partial charge in [0.2, 0.25) is 0 Å². The molecular formula is C25H28FN3O2S2. The Bertz CT molecular complexity index is 1030. The van der Waals surface area contributed by atoms with Crippen LogP contribution in [0.2, 0.25) is 0 Å². The molecule has 0 bridgehead atoms. The highest BCUT2D eigenvalue weighted by atomic mass is 32.2. The molecule has 174 valence electrons. The minimum Gasteiger partial charge on any atom is -0.484 e. The van der Waals surface area contributed by atoms with Crippen molar-refractivity contribution in [2.24, 2.45) is 0 Å². The lowest BCUT2D eigenvalue weighted by molar-refractivity contribution is -0.132. The largest absolute Gasteiger partial charge is 0.484 e. The summed E-state index contributed by atoms with van der Waals surface area (Å²) in [6.07, 6.45) is 2.85. The van der Waals surface area contributed by atoms with Crippen LogP contribution in [0, 0.1) is 5.82 Å². The van der Waals surface area contributed by atoms with Gasteiger partial charge in [0.15, 0.2) is 6.61 Å². The molecule has 1 aliphatic heterocycles. The van der Waals surface area contributed by atoms with Crippen LogP contribution in [-0.2, 0) is 11.2 Å². The summed E-state index contributed by atoms with van der Waals surface area (Å²) in [4.78, 5) is 14.1. The third-order valence-electron chi connectivity index (χ3n) is 5.48. The van der Waals surface area contributed by atoms with Crippen molar-refractivity contribution in [1.29, 1.82) is 0 Å². The lowest BCUT2D eigenvalue weighted by atomic mass is 10.1. The normalized spacial score (nSPS) is 14.2. The second kappa shape index (κ2) is 11.6. The maximum atomic E-state index is 13.1. The first-order chi connectivity index (χ1) is 16.1. The number of nitrogens with zero attached hydrogens (tertiary/aromatic N) is 2. The van der Waals surface area contributed by atoms with E-state index in [1.165, 1.54) is 35.6 Å². The first kappa shape index (κ1) is 23.7.